The van der Waals surface area contributed by atoms with Gasteiger partial charge in [-0.15, -0.1) is 0 Å². The van der Waals surface area contributed by atoms with Crippen molar-refractivity contribution in [2.45, 2.75) is 0 Å². The van der Waals surface area contributed by atoms with Crippen molar-refractivity contribution in [2.24, 2.45) is 0 Å². The van der Waals surface area contributed by atoms with Gasteiger partial charge in [-0.25, -0.2) is 4.79 Å². The van der Waals surface area contributed by atoms with Crippen LogP contribution in [-0.2, 0) is 0 Å². The van der Waals surface area contributed by atoms with E-state index in [1.54, 1.807) is 42.5 Å². The summed E-state index contributed by atoms with van der Waals surface area (Å²) in [5.41, 5.74) is 0.897. The number of fused-ring (bicyclic) bond motifs is 1. The first-order valence-corrected chi connectivity index (χ1v) is 9.45. The number of carboxylic acids is 1. The minimum absolute atomic E-state index is 0.0275. The normalized spacial score (nSPS) is 10.7. The topological polar surface area (TPSA) is 126 Å². The number of phenols is 1. The fraction of sp³-hybridized carbons (Fsp3) is 0.0417. The number of anilines is 1. The number of amides is 1. The monoisotopic (exact) mass is 431 g/mol. The minimum atomic E-state index is -1.41. The molecule has 0 saturated carbocycles. The first-order chi connectivity index (χ1) is 15.4. The van der Waals surface area contributed by atoms with Crippen LogP contribution in [0.1, 0.15) is 20.9 Å². The lowest BCUT2D eigenvalue weighted by Crippen LogP contribution is -2.14. The van der Waals surface area contributed by atoms with Crippen LogP contribution in [0.25, 0.3) is 22.1 Å². The molecule has 160 valence electrons. The van der Waals surface area contributed by atoms with E-state index in [9.17, 15) is 24.6 Å². The summed E-state index contributed by atoms with van der Waals surface area (Å²) in [5.74, 6) is -1.85. The maximum absolute atomic E-state index is 12.8. The van der Waals surface area contributed by atoms with Crippen molar-refractivity contribution in [2.75, 3.05) is 12.4 Å². The maximum Gasteiger partial charge on any atom is 0.371 e. The van der Waals surface area contributed by atoms with Crippen LogP contribution in [0.4, 0.5) is 5.69 Å². The van der Waals surface area contributed by atoms with Gasteiger partial charge in [0.05, 0.1) is 18.2 Å². The van der Waals surface area contributed by atoms with E-state index in [1.165, 1.54) is 25.3 Å². The summed E-state index contributed by atoms with van der Waals surface area (Å²) in [4.78, 5) is 36.8. The minimum Gasteiger partial charge on any atom is -0.508 e. The van der Waals surface area contributed by atoms with Gasteiger partial charge in [0.1, 0.15) is 11.5 Å². The van der Waals surface area contributed by atoms with E-state index in [-0.39, 0.29) is 22.4 Å². The summed E-state index contributed by atoms with van der Waals surface area (Å²) >= 11 is 0. The van der Waals surface area contributed by atoms with Gasteiger partial charge in [-0.1, -0.05) is 12.1 Å². The number of carboxylic acid groups (broad SMARTS) is 1. The van der Waals surface area contributed by atoms with Gasteiger partial charge in [0.2, 0.25) is 5.76 Å². The standard InChI is InChI=1S/C24H17NO7/c1-31-17-7-5-13(6-8-17)23(28)25-19-11-15(14-3-2-4-16(26)9-14)10-18-20(27)12-21(24(29)30)32-22(18)19/h2-12,26H,1H3,(H,25,28)(H,29,30). The average Bonchev–Trinajstić information content (AvgIpc) is 2.79. The molecule has 32 heavy (non-hydrogen) atoms. The zero-order chi connectivity index (χ0) is 22.8. The number of benzene rings is 3. The van der Waals surface area contributed by atoms with Crippen molar-refractivity contribution < 1.29 is 29.0 Å². The van der Waals surface area contributed by atoms with Crippen molar-refractivity contribution in [3.63, 3.8) is 0 Å². The Labute approximate surface area is 181 Å². The van der Waals surface area contributed by atoms with Gasteiger partial charge in [-0.3, -0.25) is 9.59 Å². The molecule has 0 bridgehead atoms. The molecule has 0 radical (unpaired) electrons. The Morgan fingerprint density at radius 1 is 0.969 bits per heavy atom. The molecule has 0 unspecified atom stereocenters. The van der Waals surface area contributed by atoms with Crippen LogP contribution in [0.15, 0.2) is 75.9 Å². The molecule has 0 aliphatic rings. The molecule has 3 aromatic carbocycles. The molecule has 1 aromatic heterocycles. The Morgan fingerprint density at radius 3 is 2.38 bits per heavy atom. The number of carbonyl (C=O) groups is 2. The van der Waals surface area contributed by atoms with E-state index in [0.29, 0.717) is 22.4 Å². The van der Waals surface area contributed by atoms with Crippen LogP contribution < -0.4 is 15.5 Å². The number of ether oxygens (including phenoxy) is 1. The largest absolute Gasteiger partial charge is 0.508 e. The smallest absolute Gasteiger partial charge is 0.371 e. The third-order valence-corrected chi connectivity index (χ3v) is 4.82. The SMILES string of the molecule is COc1ccc(C(=O)Nc2cc(-c3cccc(O)c3)cc3c(=O)cc(C(=O)O)oc23)cc1. The van der Waals surface area contributed by atoms with Crippen molar-refractivity contribution in [1.82, 2.24) is 0 Å². The lowest BCUT2D eigenvalue weighted by atomic mass is 10.0. The van der Waals surface area contributed by atoms with E-state index >= 15 is 0 Å². The van der Waals surface area contributed by atoms with Crippen LogP contribution in [0.5, 0.6) is 11.5 Å². The molecule has 8 nitrogen and oxygen atoms in total. The maximum atomic E-state index is 12.8. The molecule has 0 spiro atoms. The molecule has 3 N–H and O–H groups in total. The van der Waals surface area contributed by atoms with Crippen molar-refractivity contribution in [3.8, 4) is 22.6 Å². The van der Waals surface area contributed by atoms with E-state index in [4.69, 9.17) is 9.15 Å². The first kappa shape index (κ1) is 20.7. The zero-order valence-corrected chi connectivity index (χ0v) is 16.8. The summed E-state index contributed by atoms with van der Waals surface area (Å²) < 4.78 is 10.5. The number of phenolic OH excluding ortho intramolecular Hbond substituents is 1. The average molecular weight is 431 g/mol. The second-order valence-corrected chi connectivity index (χ2v) is 6.91. The fourth-order valence-corrected chi connectivity index (χ4v) is 3.25. The predicted octanol–water partition coefficient (Wildman–Crippen LogP) is 4.12. The molecule has 4 aromatic rings. The number of aromatic hydroxyl groups is 1. The van der Waals surface area contributed by atoms with Crippen molar-refractivity contribution in [3.05, 3.63) is 88.3 Å². The molecule has 4 rings (SSSR count). The van der Waals surface area contributed by atoms with E-state index in [1.807, 2.05) is 0 Å². The number of rotatable bonds is 5. The molecule has 0 aliphatic heterocycles. The number of hydrogen-bond donors (Lipinski definition) is 3. The van der Waals surface area contributed by atoms with E-state index in [0.717, 1.165) is 6.07 Å². The second kappa shape index (κ2) is 8.27. The highest BCUT2D eigenvalue weighted by Gasteiger charge is 2.18. The summed E-state index contributed by atoms with van der Waals surface area (Å²) in [6, 6.07) is 16.7. The first-order valence-electron chi connectivity index (χ1n) is 9.45. The van der Waals surface area contributed by atoms with Gasteiger partial charge in [0, 0.05) is 11.6 Å². The van der Waals surface area contributed by atoms with Gasteiger partial charge in [-0.05, 0) is 59.7 Å². The second-order valence-electron chi connectivity index (χ2n) is 6.91. The Kier molecular flexibility index (Phi) is 5.34. The van der Waals surface area contributed by atoms with Gasteiger partial charge in [0.15, 0.2) is 11.0 Å². The van der Waals surface area contributed by atoms with Gasteiger partial charge in [-0.2, -0.15) is 0 Å². The molecule has 1 amide bonds. The highest BCUT2D eigenvalue weighted by Crippen LogP contribution is 2.32. The summed E-state index contributed by atoms with van der Waals surface area (Å²) in [6.45, 7) is 0. The quantitative estimate of drug-likeness (QED) is 0.434. The summed E-state index contributed by atoms with van der Waals surface area (Å²) in [6.07, 6.45) is 0. The Hall–Kier alpha value is -4.59. The third kappa shape index (κ3) is 4.01. The number of hydrogen-bond acceptors (Lipinski definition) is 6. The number of aromatic carboxylic acids is 1. The lowest BCUT2D eigenvalue weighted by Gasteiger charge is -2.12. The Balaban J connectivity index is 1.88. The molecule has 0 aliphatic carbocycles. The van der Waals surface area contributed by atoms with Crippen LogP contribution in [0.2, 0.25) is 0 Å². The van der Waals surface area contributed by atoms with Crippen LogP contribution in [0, 0.1) is 0 Å². The molecular formula is C24H17NO7. The summed E-state index contributed by atoms with van der Waals surface area (Å²) in [5, 5.41) is 21.9. The molecule has 0 atom stereocenters. The number of nitrogens with one attached hydrogen (secondary N) is 1. The molecule has 1 heterocycles. The van der Waals surface area contributed by atoms with E-state index in [2.05, 4.69) is 5.32 Å². The Morgan fingerprint density at radius 2 is 1.72 bits per heavy atom. The van der Waals surface area contributed by atoms with Crippen LogP contribution >= 0.6 is 0 Å². The van der Waals surface area contributed by atoms with Crippen LogP contribution in [0.3, 0.4) is 0 Å². The third-order valence-electron chi connectivity index (χ3n) is 4.82. The molecule has 0 saturated heterocycles. The van der Waals surface area contributed by atoms with Crippen molar-refractivity contribution >= 4 is 28.5 Å². The highest BCUT2D eigenvalue weighted by molar-refractivity contribution is 6.09. The highest BCUT2D eigenvalue weighted by atomic mass is 16.5. The van der Waals surface area contributed by atoms with Crippen molar-refractivity contribution in [1.29, 1.82) is 0 Å². The number of methoxy groups -OCH3 is 1. The lowest BCUT2D eigenvalue weighted by molar-refractivity contribution is 0.0663. The van der Waals surface area contributed by atoms with Gasteiger partial charge < -0.3 is 24.7 Å². The van der Waals surface area contributed by atoms with Crippen LogP contribution in [-0.4, -0.2) is 29.2 Å². The molecule has 8 heteroatoms. The molecule has 0 fully saturated rings. The van der Waals surface area contributed by atoms with Gasteiger partial charge in [0.25, 0.3) is 5.91 Å². The number of carbonyl (C=O) groups excluding carboxylic acids is 1. The zero-order valence-electron chi connectivity index (χ0n) is 16.8. The van der Waals surface area contributed by atoms with Gasteiger partial charge >= 0.3 is 5.97 Å². The molecular weight excluding hydrogens is 414 g/mol. The predicted molar refractivity (Wildman–Crippen MR) is 117 cm³/mol. The summed E-state index contributed by atoms with van der Waals surface area (Å²) in [7, 11) is 1.51. The van der Waals surface area contributed by atoms with E-state index < -0.39 is 23.1 Å². The fourth-order valence-electron chi connectivity index (χ4n) is 3.25. The Bertz CT molecular complexity index is 1400.